The highest BCUT2D eigenvalue weighted by Gasteiger charge is 2.09. The van der Waals surface area contributed by atoms with Crippen LogP contribution in [0.25, 0.3) is 11.4 Å². The van der Waals surface area contributed by atoms with E-state index < -0.39 is 5.97 Å². The van der Waals surface area contributed by atoms with Crippen LogP contribution in [0.5, 0.6) is 0 Å². The first-order valence-corrected chi connectivity index (χ1v) is 6.44. The molecule has 106 valence electrons. The fraction of sp³-hybridized carbons (Fsp3) is 0.357. The Labute approximate surface area is 116 Å². The van der Waals surface area contributed by atoms with Crippen LogP contribution in [0.2, 0.25) is 0 Å². The maximum atomic E-state index is 10.8. The highest BCUT2D eigenvalue weighted by Crippen LogP contribution is 2.16. The second kappa shape index (κ2) is 6.81. The van der Waals surface area contributed by atoms with Gasteiger partial charge >= 0.3 is 5.97 Å². The van der Waals surface area contributed by atoms with Gasteiger partial charge in [-0.05, 0) is 18.6 Å². The first-order valence-electron chi connectivity index (χ1n) is 6.44. The van der Waals surface area contributed by atoms with Crippen molar-refractivity contribution in [3.05, 3.63) is 35.7 Å². The van der Waals surface area contributed by atoms with Crippen molar-refractivity contribution in [2.75, 3.05) is 13.2 Å². The summed E-state index contributed by atoms with van der Waals surface area (Å²) in [7, 11) is 0. The van der Waals surface area contributed by atoms with Crippen LogP contribution in [0.4, 0.5) is 0 Å². The van der Waals surface area contributed by atoms with E-state index in [2.05, 4.69) is 10.1 Å². The molecule has 2 rings (SSSR count). The molecule has 0 amide bonds. The molecule has 0 atom stereocenters. The zero-order valence-corrected chi connectivity index (χ0v) is 11.2. The quantitative estimate of drug-likeness (QED) is 0.781. The Kier molecular flexibility index (Phi) is 4.84. The van der Waals surface area contributed by atoms with E-state index in [9.17, 15) is 4.79 Å². The number of aromatic carboxylic acids is 1. The Bertz CT molecular complexity index is 563. The molecule has 0 saturated heterocycles. The van der Waals surface area contributed by atoms with Crippen LogP contribution >= 0.6 is 0 Å². The van der Waals surface area contributed by atoms with E-state index in [0.717, 1.165) is 18.6 Å². The van der Waals surface area contributed by atoms with Crippen molar-refractivity contribution in [3.63, 3.8) is 0 Å². The molecule has 1 N–H and O–H groups in total. The average molecular weight is 276 g/mol. The molecule has 0 saturated carbocycles. The standard InChI is InChI=1S/C14H16N2O4/c1-2-8-19-9-7-12-15-13(16-20-12)10-3-5-11(6-4-10)14(17)18/h3-6H,2,7-9H2,1H3,(H,17,18). The van der Waals surface area contributed by atoms with Gasteiger partial charge in [0, 0.05) is 12.2 Å². The van der Waals surface area contributed by atoms with Crippen LogP contribution in [-0.2, 0) is 11.2 Å². The minimum Gasteiger partial charge on any atom is -0.478 e. The predicted molar refractivity (Wildman–Crippen MR) is 71.5 cm³/mol. The summed E-state index contributed by atoms with van der Waals surface area (Å²) in [6.07, 6.45) is 1.55. The van der Waals surface area contributed by atoms with Gasteiger partial charge in [-0.15, -0.1) is 0 Å². The van der Waals surface area contributed by atoms with Gasteiger partial charge in [-0.3, -0.25) is 0 Å². The van der Waals surface area contributed by atoms with Crippen molar-refractivity contribution in [2.24, 2.45) is 0 Å². The molecule has 0 aliphatic heterocycles. The van der Waals surface area contributed by atoms with E-state index in [1.807, 2.05) is 6.92 Å². The number of carbonyl (C=O) groups is 1. The number of carboxylic acid groups (broad SMARTS) is 1. The van der Waals surface area contributed by atoms with Crippen molar-refractivity contribution >= 4 is 5.97 Å². The number of carboxylic acids is 1. The summed E-state index contributed by atoms with van der Waals surface area (Å²) in [6.45, 7) is 3.32. The van der Waals surface area contributed by atoms with Gasteiger partial charge < -0.3 is 14.4 Å². The molecule has 6 heteroatoms. The molecule has 0 aliphatic carbocycles. The lowest BCUT2D eigenvalue weighted by atomic mass is 10.1. The number of nitrogens with zero attached hydrogens (tertiary/aromatic N) is 2. The Hall–Kier alpha value is -2.21. The Morgan fingerprint density at radius 3 is 2.70 bits per heavy atom. The van der Waals surface area contributed by atoms with Gasteiger partial charge in [-0.25, -0.2) is 4.79 Å². The third-order valence-corrected chi connectivity index (χ3v) is 2.67. The topological polar surface area (TPSA) is 85.5 Å². The largest absolute Gasteiger partial charge is 0.478 e. The second-order valence-corrected chi connectivity index (χ2v) is 4.26. The number of hydrogen-bond acceptors (Lipinski definition) is 5. The summed E-state index contributed by atoms with van der Waals surface area (Å²) in [5.41, 5.74) is 0.949. The van der Waals surface area contributed by atoms with Gasteiger partial charge in [0.2, 0.25) is 11.7 Å². The van der Waals surface area contributed by atoms with Gasteiger partial charge in [0.1, 0.15) is 0 Å². The number of aromatic nitrogens is 2. The molecule has 1 aromatic heterocycles. The molecule has 1 heterocycles. The molecular formula is C14H16N2O4. The number of ether oxygens (including phenoxy) is 1. The Morgan fingerprint density at radius 1 is 1.30 bits per heavy atom. The molecule has 0 aliphatic rings. The van der Waals surface area contributed by atoms with Crippen molar-refractivity contribution in [1.29, 1.82) is 0 Å². The molecule has 6 nitrogen and oxygen atoms in total. The maximum absolute atomic E-state index is 10.8. The third kappa shape index (κ3) is 3.64. The van der Waals surface area contributed by atoms with Gasteiger partial charge in [0.25, 0.3) is 0 Å². The highest BCUT2D eigenvalue weighted by atomic mass is 16.5. The molecule has 0 fully saturated rings. The monoisotopic (exact) mass is 276 g/mol. The Balaban J connectivity index is 1.99. The third-order valence-electron chi connectivity index (χ3n) is 2.67. The van der Waals surface area contributed by atoms with Crippen LogP contribution in [0, 0.1) is 0 Å². The first-order chi connectivity index (χ1) is 9.70. The lowest BCUT2D eigenvalue weighted by Gasteiger charge is -1.97. The van der Waals surface area contributed by atoms with Crippen molar-refractivity contribution in [2.45, 2.75) is 19.8 Å². The van der Waals surface area contributed by atoms with E-state index in [0.29, 0.717) is 24.7 Å². The SMILES string of the molecule is CCCOCCc1nc(-c2ccc(C(=O)O)cc2)no1. The molecule has 2 aromatic rings. The molecule has 20 heavy (non-hydrogen) atoms. The summed E-state index contributed by atoms with van der Waals surface area (Å²) < 4.78 is 10.5. The van der Waals surface area contributed by atoms with Gasteiger partial charge in [-0.1, -0.05) is 24.2 Å². The van der Waals surface area contributed by atoms with Crippen molar-refractivity contribution in [1.82, 2.24) is 10.1 Å². The minimum absolute atomic E-state index is 0.227. The summed E-state index contributed by atoms with van der Waals surface area (Å²) in [4.78, 5) is 15.0. The zero-order valence-electron chi connectivity index (χ0n) is 11.2. The van der Waals surface area contributed by atoms with E-state index in [4.69, 9.17) is 14.4 Å². The molecule has 0 radical (unpaired) electrons. The number of rotatable bonds is 7. The van der Waals surface area contributed by atoms with Crippen LogP contribution in [0.1, 0.15) is 29.6 Å². The van der Waals surface area contributed by atoms with Crippen LogP contribution < -0.4 is 0 Å². The second-order valence-electron chi connectivity index (χ2n) is 4.26. The fourth-order valence-electron chi connectivity index (χ4n) is 1.64. The zero-order chi connectivity index (χ0) is 14.4. The van der Waals surface area contributed by atoms with Gasteiger partial charge in [0.05, 0.1) is 18.6 Å². The van der Waals surface area contributed by atoms with E-state index in [1.165, 1.54) is 12.1 Å². The average Bonchev–Trinajstić information content (AvgIpc) is 2.92. The van der Waals surface area contributed by atoms with Gasteiger partial charge in [-0.2, -0.15) is 4.98 Å². The molecule has 1 aromatic carbocycles. The van der Waals surface area contributed by atoms with Crippen LogP contribution in [0.3, 0.4) is 0 Å². The molecule has 0 spiro atoms. The summed E-state index contributed by atoms with van der Waals surface area (Å²) in [5.74, 6) is 0.00395. The normalized spacial score (nSPS) is 10.7. The van der Waals surface area contributed by atoms with Crippen molar-refractivity contribution in [3.8, 4) is 11.4 Å². The maximum Gasteiger partial charge on any atom is 0.335 e. The number of hydrogen-bond donors (Lipinski definition) is 1. The minimum atomic E-state index is -0.960. The molecular weight excluding hydrogens is 260 g/mol. The van der Waals surface area contributed by atoms with Gasteiger partial charge in [0.15, 0.2) is 0 Å². The lowest BCUT2D eigenvalue weighted by molar-refractivity contribution is 0.0697. The lowest BCUT2D eigenvalue weighted by Crippen LogP contribution is -1.99. The fourth-order valence-corrected chi connectivity index (χ4v) is 1.64. The predicted octanol–water partition coefficient (Wildman–Crippen LogP) is 2.40. The smallest absolute Gasteiger partial charge is 0.335 e. The van der Waals surface area contributed by atoms with Crippen LogP contribution in [-0.4, -0.2) is 34.4 Å². The van der Waals surface area contributed by atoms with Crippen LogP contribution in [0.15, 0.2) is 28.8 Å². The summed E-state index contributed by atoms with van der Waals surface area (Å²) >= 11 is 0. The highest BCUT2D eigenvalue weighted by molar-refractivity contribution is 5.88. The Morgan fingerprint density at radius 2 is 2.05 bits per heavy atom. The molecule has 0 bridgehead atoms. The first kappa shape index (κ1) is 14.2. The molecule has 0 unspecified atom stereocenters. The van der Waals surface area contributed by atoms with E-state index >= 15 is 0 Å². The van der Waals surface area contributed by atoms with E-state index in [-0.39, 0.29) is 5.56 Å². The van der Waals surface area contributed by atoms with E-state index in [1.54, 1.807) is 12.1 Å². The van der Waals surface area contributed by atoms with Crippen molar-refractivity contribution < 1.29 is 19.2 Å². The number of benzene rings is 1. The summed E-state index contributed by atoms with van der Waals surface area (Å²) in [6, 6.07) is 6.34. The summed E-state index contributed by atoms with van der Waals surface area (Å²) in [5, 5.41) is 12.7.